The van der Waals surface area contributed by atoms with Gasteiger partial charge in [-0.15, -0.1) is 0 Å². The predicted molar refractivity (Wildman–Crippen MR) is 141 cm³/mol. The van der Waals surface area contributed by atoms with Gasteiger partial charge in [0.1, 0.15) is 0 Å². The van der Waals surface area contributed by atoms with Crippen LogP contribution in [-0.2, 0) is 16.1 Å². The first-order chi connectivity index (χ1) is 16.3. The fourth-order valence-electron chi connectivity index (χ4n) is 4.91. The van der Waals surface area contributed by atoms with Gasteiger partial charge < -0.3 is 15.1 Å². The van der Waals surface area contributed by atoms with Gasteiger partial charge in [-0.1, -0.05) is 70.4 Å². The molecule has 1 N–H and O–H groups in total. The summed E-state index contributed by atoms with van der Waals surface area (Å²) >= 11 is 0. The van der Waals surface area contributed by atoms with Gasteiger partial charge in [-0.3, -0.25) is 9.59 Å². The third kappa shape index (κ3) is 6.40. The first-order valence-corrected chi connectivity index (χ1v) is 12.8. The minimum absolute atomic E-state index is 0.00103. The molecule has 0 spiro atoms. The molecule has 1 atom stereocenters. The molecular weight excluding hydrogens is 422 g/mol. The van der Waals surface area contributed by atoms with Crippen molar-refractivity contribution in [3.8, 4) is 0 Å². The van der Waals surface area contributed by atoms with E-state index in [1.807, 2.05) is 64.3 Å². The Morgan fingerprint density at radius 1 is 1.00 bits per heavy atom. The van der Waals surface area contributed by atoms with E-state index in [4.69, 9.17) is 0 Å². The third-order valence-corrected chi connectivity index (χ3v) is 6.90. The van der Waals surface area contributed by atoms with Crippen molar-refractivity contribution in [2.24, 2.45) is 5.92 Å². The number of anilines is 2. The fourth-order valence-corrected chi connectivity index (χ4v) is 4.91. The maximum absolute atomic E-state index is 14.1. The van der Waals surface area contributed by atoms with Gasteiger partial charge in [-0.2, -0.15) is 0 Å². The summed E-state index contributed by atoms with van der Waals surface area (Å²) in [6.45, 7) is 6.43. The molecule has 5 nitrogen and oxygen atoms in total. The third-order valence-electron chi connectivity index (χ3n) is 6.90. The van der Waals surface area contributed by atoms with Gasteiger partial charge in [0.15, 0.2) is 0 Å². The van der Waals surface area contributed by atoms with E-state index in [9.17, 15) is 9.59 Å². The predicted octanol–water partition coefficient (Wildman–Crippen LogP) is 6.20. The van der Waals surface area contributed by atoms with Crippen LogP contribution >= 0.6 is 0 Å². The van der Waals surface area contributed by atoms with E-state index in [-0.39, 0.29) is 29.7 Å². The lowest BCUT2D eigenvalue weighted by molar-refractivity contribution is -0.136. The van der Waals surface area contributed by atoms with Crippen LogP contribution in [0.25, 0.3) is 0 Å². The SMILES string of the molecule is CC[C@@H](C(=O)N(Cc1cc(NC(=O)C(C)C)ccc1N(C)C)C1CCCCC1)c1ccccc1. The first kappa shape index (κ1) is 25.8. The summed E-state index contributed by atoms with van der Waals surface area (Å²) in [5, 5.41) is 3.03. The molecule has 2 aromatic rings. The Balaban J connectivity index is 1.97. The molecule has 0 radical (unpaired) electrons. The zero-order chi connectivity index (χ0) is 24.7. The van der Waals surface area contributed by atoms with Crippen molar-refractivity contribution in [1.29, 1.82) is 0 Å². The smallest absolute Gasteiger partial charge is 0.230 e. The lowest BCUT2D eigenvalue weighted by Gasteiger charge is -2.37. The molecular formula is C29H41N3O2. The highest BCUT2D eigenvalue weighted by molar-refractivity contribution is 5.92. The Labute approximate surface area is 205 Å². The van der Waals surface area contributed by atoms with Crippen LogP contribution in [0.5, 0.6) is 0 Å². The van der Waals surface area contributed by atoms with E-state index < -0.39 is 0 Å². The summed E-state index contributed by atoms with van der Waals surface area (Å²) < 4.78 is 0. The van der Waals surface area contributed by atoms with Crippen LogP contribution < -0.4 is 10.2 Å². The molecule has 0 saturated heterocycles. The Morgan fingerprint density at radius 3 is 2.26 bits per heavy atom. The Kier molecular flexibility index (Phi) is 9.14. The standard InChI is InChI=1S/C29H41N3O2/c1-6-26(22-13-9-7-10-14-22)29(34)32(25-15-11-8-12-16-25)20-23-19-24(30-28(33)21(2)3)17-18-27(23)31(4)5/h7,9-10,13-14,17-19,21,25-26H,6,8,11-12,15-16,20H2,1-5H3,(H,30,33)/t26-/m1/s1. The van der Waals surface area contributed by atoms with Crippen LogP contribution in [0.1, 0.15) is 76.3 Å². The average molecular weight is 464 g/mol. The van der Waals surface area contributed by atoms with Crippen molar-refractivity contribution in [3.05, 3.63) is 59.7 Å². The summed E-state index contributed by atoms with van der Waals surface area (Å²) in [5.41, 5.74) is 4.00. The maximum atomic E-state index is 14.1. The van der Waals surface area contributed by atoms with Gasteiger partial charge in [0.25, 0.3) is 0 Å². The highest BCUT2D eigenvalue weighted by Crippen LogP contribution is 2.32. The minimum atomic E-state index is -0.144. The van der Waals surface area contributed by atoms with Crippen LogP contribution in [0.2, 0.25) is 0 Å². The minimum Gasteiger partial charge on any atom is -0.377 e. The lowest BCUT2D eigenvalue weighted by Crippen LogP contribution is -2.43. The molecule has 3 rings (SSSR count). The van der Waals surface area contributed by atoms with Gasteiger partial charge in [0, 0.05) is 44.0 Å². The average Bonchev–Trinajstić information content (AvgIpc) is 2.84. The molecule has 0 aromatic heterocycles. The van der Waals surface area contributed by atoms with Crippen molar-refractivity contribution in [2.45, 2.75) is 77.8 Å². The highest BCUT2D eigenvalue weighted by atomic mass is 16.2. The van der Waals surface area contributed by atoms with E-state index in [2.05, 4.69) is 34.2 Å². The molecule has 34 heavy (non-hydrogen) atoms. The summed E-state index contributed by atoms with van der Waals surface area (Å²) in [4.78, 5) is 30.6. The van der Waals surface area contributed by atoms with Crippen molar-refractivity contribution < 1.29 is 9.59 Å². The van der Waals surface area contributed by atoms with E-state index in [0.717, 1.165) is 41.8 Å². The van der Waals surface area contributed by atoms with Crippen LogP contribution in [0.4, 0.5) is 11.4 Å². The highest BCUT2D eigenvalue weighted by Gasteiger charge is 2.31. The van der Waals surface area contributed by atoms with Crippen LogP contribution in [-0.4, -0.2) is 36.9 Å². The Bertz CT molecular complexity index is 949. The summed E-state index contributed by atoms with van der Waals surface area (Å²) in [6, 6.07) is 16.5. The van der Waals surface area contributed by atoms with Crippen molar-refractivity contribution >= 4 is 23.2 Å². The normalized spacial score (nSPS) is 15.1. The number of hydrogen-bond acceptors (Lipinski definition) is 3. The van der Waals surface area contributed by atoms with Gasteiger partial charge >= 0.3 is 0 Å². The molecule has 1 fully saturated rings. The van der Waals surface area contributed by atoms with E-state index in [0.29, 0.717) is 6.54 Å². The van der Waals surface area contributed by atoms with Crippen LogP contribution in [0, 0.1) is 5.92 Å². The largest absolute Gasteiger partial charge is 0.377 e. The fraction of sp³-hybridized carbons (Fsp3) is 0.517. The number of nitrogens with zero attached hydrogens (tertiary/aromatic N) is 2. The Morgan fingerprint density at radius 2 is 1.68 bits per heavy atom. The molecule has 5 heteroatoms. The van der Waals surface area contributed by atoms with Crippen molar-refractivity contribution in [2.75, 3.05) is 24.3 Å². The molecule has 1 saturated carbocycles. The zero-order valence-corrected chi connectivity index (χ0v) is 21.5. The van der Waals surface area contributed by atoms with Gasteiger partial charge in [-0.05, 0) is 48.6 Å². The summed E-state index contributed by atoms with van der Waals surface area (Å²) in [6.07, 6.45) is 6.46. The number of hydrogen-bond donors (Lipinski definition) is 1. The molecule has 0 unspecified atom stereocenters. The number of carbonyl (C=O) groups is 2. The Hall–Kier alpha value is -2.82. The molecule has 0 aliphatic heterocycles. The molecule has 0 bridgehead atoms. The zero-order valence-electron chi connectivity index (χ0n) is 21.5. The van der Waals surface area contributed by atoms with Crippen molar-refractivity contribution in [1.82, 2.24) is 4.90 Å². The number of amides is 2. The second-order valence-corrected chi connectivity index (χ2v) is 10.0. The number of benzene rings is 2. The lowest BCUT2D eigenvalue weighted by atomic mass is 9.90. The molecule has 2 aromatic carbocycles. The quantitative estimate of drug-likeness (QED) is 0.481. The van der Waals surface area contributed by atoms with E-state index >= 15 is 0 Å². The summed E-state index contributed by atoms with van der Waals surface area (Å²) in [7, 11) is 4.05. The molecule has 1 aliphatic carbocycles. The summed E-state index contributed by atoms with van der Waals surface area (Å²) in [5.74, 6) is -0.0240. The van der Waals surface area contributed by atoms with Gasteiger partial charge in [0.2, 0.25) is 11.8 Å². The molecule has 0 heterocycles. The molecule has 2 amide bonds. The van der Waals surface area contributed by atoms with Gasteiger partial charge in [0.05, 0.1) is 5.92 Å². The van der Waals surface area contributed by atoms with Crippen LogP contribution in [0.15, 0.2) is 48.5 Å². The number of carbonyl (C=O) groups excluding carboxylic acids is 2. The number of nitrogens with one attached hydrogen (secondary N) is 1. The molecule has 1 aliphatic rings. The monoisotopic (exact) mass is 463 g/mol. The van der Waals surface area contributed by atoms with Crippen molar-refractivity contribution in [3.63, 3.8) is 0 Å². The topological polar surface area (TPSA) is 52.7 Å². The second kappa shape index (κ2) is 12.0. The molecule has 184 valence electrons. The first-order valence-electron chi connectivity index (χ1n) is 12.8. The number of rotatable bonds is 9. The van der Waals surface area contributed by atoms with E-state index in [1.54, 1.807) is 0 Å². The van der Waals surface area contributed by atoms with E-state index in [1.165, 1.54) is 19.3 Å². The van der Waals surface area contributed by atoms with Gasteiger partial charge in [-0.25, -0.2) is 0 Å². The second-order valence-electron chi connectivity index (χ2n) is 10.0. The van der Waals surface area contributed by atoms with Crippen LogP contribution in [0.3, 0.4) is 0 Å². The maximum Gasteiger partial charge on any atom is 0.230 e.